The summed E-state index contributed by atoms with van der Waals surface area (Å²) in [6.07, 6.45) is 0. The van der Waals surface area contributed by atoms with Crippen LogP contribution in [-0.4, -0.2) is 30.9 Å². The highest BCUT2D eigenvalue weighted by molar-refractivity contribution is 8.00. The van der Waals surface area contributed by atoms with Gasteiger partial charge in [0.05, 0.1) is 10.8 Å². The van der Waals surface area contributed by atoms with Crippen molar-refractivity contribution in [3.8, 4) is 11.5 Å². The minimum absolute atomic E-state index is 0.0224. The average molecular weight is 413 g/mol. The Labute approximate surface area is 164 Å². The summed E-state index contributed by atoms with van der Waals surface area (Å²) >= 11 is 13.1. The van der Waals surface area contributed by atoms with Crippen molar-refractivity contribution < 1.29 is 19.1 Å². The zero-order valence-corrected chi connectivity index (χ0v) is 15.7. The van der Waals surface area contributed by atoms with Crippen LogP contribution in [0.3, 0.4) is 0 Å². The van der Waals surface area contributed by atoms with Crippen LogP contribution in [0.1, 0.15) is 0 Å². The van der Waals surface area contributed by atoms with Gasteiger partial charge in [-0.2, -0.15) is 0 Å². The quantitative estimate of drug-likeness (QED) is 0.735. The first kappa shape index (κ1) is 18.7. The smallest absolute Gasteiger partial charge is 0.325 e. The van der Waals surface area contributed by atoms with Crippen LogP contribution in [-0.2, 0) is 4.79 Å². The molecule has 3 rings (SSSR count). The van der Waals surface area contributed by atoms with Gasteiger partial charge in [-0.15, -0.1) is 11.8 Å². The molecule has 0 aromatic heterocycles. The van der Waals surface area contributed by atoms with Crippen molar-refractivity contribution in [1.29, 1.82) is 0 Å². The molecule has 1 heterocycles. The lowest BCUT2D eigenvalue weighted by Crippen LogP contribution is -2.35. The van der Waals surface area contributed by atoms with E-state index in [1.165, 1.54) is 11.8 Å². The number of ether oxygens (including phenoxy) is 2. The van der Waals surface area contributed by atoms with Crippen molar-refractivity contribution in [2.45, 2.75) is 4.90 Å². The molecule has 9 heteroatoms. The molecular formula is C17H14Cl2N2O4S. The number of carbonyl (C=O) groups excluding carboxylic acids is 2. The number of hydrogen-bond donors (Lipinski definition) is 2. The number of nitrogens with one attached hydrogen (secondary N) is 2. The van der Waals surface area contributed by atoms with Crippen molar-refractivity contribution in [3.63, 3.8) is 0 Å². The van der Waals surface area contributed by atoms with Gasteiger partial charge in [0, 0.05) is 21.7 Å². The van der Waals surface area contributed by atoms with Crippen molar-refractivity contribution in [1.82, 2.24) is 5.32 Å². The fraction of sp³-hybridized carbons (Fsp3) is 0.176. The molecule has 0 atom stereocenters. The van der Waals surface area contributed by atoms with E-state index in [4.69, 9.17) is 32.7 Å². The van der Waals surface area contributed by atoms with Crippen LogP contribution in [0.15, 0.2) is 41.3 Å². The summed E-state index contributed by atoms with van der Waals surface area (Å²) in [4.78, 5) is 24.6. The lowest BCUT2D eigenvalue weighted by molar-refractivity contribution is -0.117. The molecule has 2 N–H and O–H groups in total. The molecule has 3 amide bonds. The molecule has 6 nitrogen and oxygen atoms in total. The number of rotatable bonds is 4. The zero-order valence-electron chi connectivity index (χ0n) is 13.4. The van der Waals surface area contributed by atoms with E-state index in [9.17, 15) is 9.59 Å². The predicted octanol–water partition coefficient (Wildman–Crippen LogP) is 4.21. The number of hydrogen-bond acceptors (Lipinski definition) is 5. The van der Waals surface area contributed by atoms with Crippen LogP contribution in [0.5, 0.6) is 11.5 Å². The summed E-state index contributed by atoms with van der Waals surface area (Å²) in [5, 5.41) is 5.85. The Morgan fingerprint density at radius 3 is 2.62 bits per heavy atom. The molecule has 1 aliphatic rings. The highest BCUT2D eigenvalue weighted by Crippen LogP contribution is 2.32. The van der Waals surface area contributed by atoms with Crippen LogP contribution in [0.4, 0.5) is 10.5 Å². The molecule has 0 radical (unpaired) electrons. The predicted molar refractivity (Wildman–Crippen MR) is 102 cm³/mol. The maximum atomic E-state index is 12.0. The van der Waals surface area contributed by atoms with Gasteiger partial charge in [-0.1, -0.05) is 23.2 Å². The maximum Gasteiger partial charge on any atom is 0.325 e. The molecule has 0 aliphatic carbocycles. The van der Waals surface area contributed by atoms with E-state index >= 15 is 0 Å². The SMILES string of the molecule is O=C(CSc1cc(Cl)ccc1Cl)NC(=O)Nc1ccc2c(c1)OCCO2. The summed E-state index contributed by atoms with van der Waals surface area (Å²) in [7, 11) is 0. The number of amides is 3. The highest BCUT2D eigenvalue weighted by atomic mass is 35.5. The number of imide groups is 1. The number of anilines is 1. The molecule has 2 aromatic carbocycles. The number of carbonyl (C=O) groups is 2. The van der Waals surface area contributed by atoms with Crippen molar-refractivity contribution >= 4 is 52.6 Å². The monoisotopic (exact) mass is 412 g/mol. The number of benzene rings is 2. The van der Waals surface area contributed by atoms with E-state index in [0.717, 1.165) is 0 Å². The third-order valence-electron chi connectivity index (χ3n) is 3.31. The highest BCUT2D eigenvalue weighted by Gasteiger charge is 2.14. The molecule has 0 saturated carbocycles. The molecule has 136 valence electrons. The van der Waals surface area contributed by atoms with Gasteiger partial charge in [0.2, 0.25) is 5.91 Å². The normalized spacial score (nSPS) is 12.4. The van der Waals surface area contributed by atoms with Crippen molar-refractivity contribution in [2.75, 3.05) is 24.3 Å². The molecule has 2 aromatic rings. The van der Waals surface area contributed by atoms with E-state index < -0.39 is 11.9 Å². The third kappa shape index (κ3) is 4.97. The number of fused-ring (bicyclic) bond motifs is 1. The van der Waals surface area contributed by atoms with Crippen LogP contribution < -0.4 is 20.1 Å². The Kier molecular flexibility index (Phi) is 6.13. The van der Waals surface area contributed by atoms with Gasteiger partial charge < -0.3 is 14.8 Å². The van der Waals surface area contributed by atoms with Crippen molar-refractivity contribution in [3.05, 3.63) is 46.4 Å². The third-order valence-corrected chi connectivity index (χ3v) is 5.04. The lowest BCUT2D eigenvalue weighted by Gasteiger charge is -2.19. The molecule has 1 aliphatic heterocycles. The topological polar surface area (TPSA) is 76.7 Å². The molecule has 26 heavy (non-hydrogen) atoms. The minimum atomic E-state index is -0.635. The standard InChI is InChI=1S/C17H14Cl2N2O4S/c18-10-1-3-12(19)15(7-10)26-9-16(22)21-17(23)20-11-2-4-13-14(8-11)25-6-5-24-13/h1-4,7-8H,5-6,9H2,(H2,20,21,22,23). The first-order valence-corrected chi connectivity index (χ1v) is 9.34. The van der Waals surface area contributed by atoms with Gasteiger partial charge >= 0.3 is 6.03 Å². The van der Waals surface area contributed by atoms with Gasteiger partial charge in [-0.05, 0) is 30.3 Å². The molecule has 0 unspecified atom stereocenters. The van der Waals surface area contributed by atoms with Crippen LogP contribution in [0.25, 0.3) is 0 Å². The number of thioether (sulfide) groups is 1. The average Bonchev–Trinajstić information content (AvgIpc) is 2.62. The largest absolute Gasteiger partial charge is 0.486 e. The van der Waals surface area contributed by atoms with Crippen LogP contribution in [0.2, 0.25) is 10.0 Å². The fourth-order valence-corrected chi connectivity index (χ4v) is 3.47. The summed E-state index contributed by atoms with van der Waals surface area (Å²) in [6, 6.07) is 9.34. The minimum Gasteiger partial charge on any atom is -0.486 e. The summed E-state index contributed by atoms with van der Waals surface area (Å²) in [5.41, 5.74) is 0.491. The maximum absolute atomic E-state index is 12.0. The van der Waals surface area contributed by atoms with E-state index in [0.29, 0.717) is 45.3 Å². The Bertz CT molecular complexity index is 848. The second kappa shape index (κ2) is 8.53. The van der Waals surface area contributed by atoms with Crippen LogP contribution in [0, 0.1) is 0 Å². The van der Waals surface area contributed by atoms with Crippen molar-refractivity contribution in [2.24, 2.45) is 0 Å². The Morgan fingerprint density at radius 2 is 1.81 bits per heavy atom. The van der Waals surface area contributed by atoms with E-state index in [2.05, 4.69) is 10.6 Å². The Morgan fingerprint density at radius 1 is 1.04 bits per heavy atom. The van der Waals surface area contributed by atoms with Gasteiger partial charge in [-0.3, -0.25) is 10.1 Å². The molecule has 0 fully saturated rings. The zero-order chi connectivity index (χ0) is 18.5. The number of halogens is 2. The Balaban J connectivity index is 1.51. The van der Waals surface area contributed by atoms with Gasteiger partial charge in [0.15, 0.2) is 11.5 Å². The summed E-state index contributed by atoms with van der Waals surface area (Å²) in [5.74, 6) is 0.731. The second-order valence-electron chi connectivity index (χ2n) is 5.22. The van der Waals surface area contributed by atoms with Crippen LogP contribution >= 0.6 is 35.0 Å². The molecule has 0 bridgehead atoms. The van der Waals surface area contributed by atoms with E-state index in [1.54, 1.807) is 36.4 Å². The molecular weight excluding hydrogens is 399 g/mol. The van der Waals surface area contributed by atoms with Gasteiger partial charge in [-0.25, -0.2) is 4.79 Å². The molecule has 0 saturated heterocycles. The summed E-state index contributed by atoms with van der Waals surface area (Å²) < 4.78 is 10.9. The lowest BCUT2D eigenvalue weighted by atomic mass is 10.2. The van der Waals surface area contributed by atoms with Gasteiger partial charge in [0.25, 0.3) is 0 Å². The molecule has 0 spiro atoms. The van der Waals surface area contributed by atoms with E-state index in [1.807, 2.05) is 0 Å². The van der Waals surface area contributed by atoms with E-state index in [-0.39, 0.29) is 5.75 Å². The Hall–Kier alpha value is -2.09. The first-order valence-electron chi connectivity index (χ1n) is 7.59. The first-order chi connectivity index (χ1) is 12.5. The summed E-state index contributed by atoms with van der Waals surface area (Å²) in [6.45, 7) is 0.938. The number of urea groups is 1. The second-order valence-corrected chi connectivity index (χ2v) is 7.08. The van der Waals surface area contributed by atoms with Gasteiger partial charge in [0.1, 0.15) is 13.2 Å². The fourth-order valence-electron chi connectivity index (χ4n) is 2.18.